The molecular formula is C15H16F5NO3. The van der Waals surface area contributed by atoms with Crippen LogP contribution in [0, 0.1) is 35.0 Å². The molecule has 0 spiro atoms. The van der Waals surface area contributed by atoms with Crippen LogP contribution in [0.3, 0.4) is 0 Å². The molecule has 1 N–H and O–H groups in total. The summed E-state index contributed by atoms with van der Waals surface area (Å²) < 4.78 is 71.3. The van der Waals surface area contributed by atoms with Gasteiger partial charge < -0.3 is 10.1 Å². The maximum absolute atomic E-state index is 13.6. The van der Waals surface area contributed by atoms with Crippen molar-refractivity contribution in [1.29, 1.82) is 0 Å². The molecule has 1 amide bonds. The third-order valence-corrected chi connectivity index (χ3v) is 3.09. The number of amides is 1. The second kappa shape index (κ2) is 8.07. The van der Waals surface area contributed by atoms with Crippen molar-refractivity contribution in [2.45, 2.75) is 33.2 Å². The Hall–Kier alpha value is -2.19. The summed E-state index contributed by atoms with van der Waals surface area (Å²) in [5.74, 6) is -14.4. The summed E-state index contributed by atoms with van der Waals surface area (Å²) in [6.45, 7) is 4.80. The van der Waals surface area contributed by atoms with Crippen molar-refractivity contribution in [2.24, 2.45) is 5.92 Å². The van der Waals surface area contributed by atoms with Gasteiger partial charge in [-0.25, -0.2) is 26.7 Å². The lowest BCUT2D eigenvalue weighted by Crippen LogP contribution is -2.46. The SMILES string of the molecule is CCCOC(=O)C(NC(=O)c1c(F)c(F)c(F)c(F)c1F)C(C)C. The molecule has 0 aliphatic rings. The summed E-state index contributed by atoms with van der Waals surface area (Å²) in [5.41, 5.74) is -1.65. The summed E-state index contributed by atoms with van der Waals surface area (Å²) in [5, 5.41) is 1.95. The first-order valence-electron chi connectivity index (χ1n) is 7.12. The first-order valence-corrected chi connectivity index (χ1v) is 7.12. The van der Waals surface area contributed by atoms with Gasteiger partial charge in [0.05, 0.1) is 6.61 Å². The van der Waals surface area contributed by atoms with Crippen LogP contribution < -0.4 is 5.32 Å². The van der Waals surface area contributed by atoms with Crippen LogP contribution in [0.15, 0.2) is 0 Å². The quantitative estimate of drug-likeness (QED) is 0.370. The summed E-state index contributed by atoms with van der Waals surface area (Å²) in [7, 11) is 0. The Bertz CT molecular complexity index is 619. The highest BCUT2D eigenvalue weighted by molar-refractivity contribution is 5.97. The summed E-state index contributed by atoms with van der Waals surface area (Å²) in [6.07, 6.45) is 0.502. The monoisotopic (exact) mass is 353 g/mol. The first-order chi connectivity index (χ1) is 11.1. The zero-order chi connectivity index (χ0) is 18.6. The van der Waals surface area contributed by atoms with Gasteiger partial charge in [0, 0.05) is 0 Å². The Morgan fingerprint density at radius 1 is 0.958 bits per heavy atom. The van der Waals surface area contributed by atoms with E-state index in [0.717, 1.165) is 0 Å². The number of ether oxygens (including phenoxy) is 1. The number of halogens is 5. The van der Waals surface area contributed by atoms with E-state index in [1.807, 2.05) is 5.32 Å². The summed E-state index contributed by atoms with van der Waals surface area (Å²) in [6, 6.07) is -1.31. The predicted molar refractivity (Wildman–Crippen MR) is 73.6 cm³/mol. The van der Waals surface area contributed by atoms with Gasteiger partial charge in [-0.3, -0.25) is 4.79 Å². The van der Waals surface area contributed by atoms with E-state index in [9.17, 15) is 31.5 Å². The van der Waals surface area contributed by atoms with Crippen LogP contribution >= 0.6 is 0 Å². The summed E-state index contributed by atoms with van der Waals surface area (Å²) >= 11 is 0. The number of carbonyl (C=O) groups excluding carboxylic acids is 2. The van der Waals surface area contributed by atoms with Crippen LogP contribution in [0.4, 0.5) is 22.0 Å². The standard InChI is InChI=1S/C15H16F5NO3/c1-4-5-24-15(23)13(6(2)3)21-14(22)7-8(16)10(18)12(20)11(19)9(7)17/h6,13H,4-5H2,1-3H3,(H,21,22). The zero-order valence-corrected chi connectivity index (χ0v) is 13.2. The van der Waals surface area contributed by atoms with Crippen molar-refractivity contribution in [3.8, 4) is 0 Å². The van der Waals surface area contributed by atoms with Gasteiger partial charge >= 0.3 is 5.97 Å². The van der Waals surface area contributed by atoms with E-state index in [2.05, 4.69) is 0 Å². The minimum atomic E-state index is -2.37. The average molecular weight is 353 g/mol. The second-order valence-corrected chi connectivity index (χ2v) is 5.31. The molecule has 4 nitrogen and oxygen atoms in total. The number of benzene rings is 1. The van der Waals surface area contributed by atoms with Gasteiger partial charge in [0.25, 0.3) is 5.91 Å². The Morgan fingerprint density at radius 3 is 1.83 bits per heavy atom. The molecule has 134 valence electrons. The third kappa shape index (κ3) is 4.01. The van der Waals surface area contributed by atoms with Gasteiger partial charge in [0.1, 0.15) is 11.6 Å². The highest BCUT2D eigenvalue weighted by atomic mass is 19.2. The molecule has 0 aliphatic heterocycles. The number of hydrogen-bond donors (Lipinski definition) is 1. The Balaban J connectivity index is 3.16. The predicted octanol–water partition coefficient (Wildman–Crippen LogP) is 3.09. The maximum Gasteiger partial charge on any atom is 0.328 e. The minimum absolute atomic E-state index is 0.0560. The number of carbonyl (C=O) groups is 2. The van der Waals surface area contributed by atoms with Crippen molar-refractivity contribution in [3.05, 3.63) is 34.6 Å². The number of hydrogen-bond acceptors (Lipinski definition) is 3. The highest BCUT2D eigenvalue weighted by Gasteiger charge is 2.33. The summed E-state index contributed by atoms with van der Waals surface area (Å²) in [4.78, 5) is 23.8. The van der Waals surface area contributed by atoms with E-state index < -0.39 is 58.5 Å². The number of esters is 1. The van der Waals surface area contributed by atoms with E-state index in [-0.39, 0.29) is 6.61 Å². The van der Waals surface area contributed by atoms with Gasteiger partial charge in [-0.2, -0.15) is 0 Å². The zero-order valence-electron chi connectivity index (χ0n) is 13.2. The van der Waals surface area contributed by atoms with Crippen molar-refractivity contribution in [2.75, 3.05) is 6.61 Å². The molecular weight excluding hydrogens is 337 g/mol. The molecule has 1 unspecified atom stereocenters. The van der Waals surface area contributed by atoms with E-state index >= 15 is 0 Å². The lowest BCUT2D eigenvalue weighted by Gasteiger charge is -2.21. The van der Waals surface area contributed by atoms with Gasteiger partial charge in [-0.05, 0) is 12.3 Å². The molecule has 24 heavy (non-hydrogen) atoms. The van der Waals surface area contributed by atoms with Crippen LogP contribution in [0.2, 0.25) is 0 Å². The molecule has 0 saturated heterocycles. The average Bonchev–Trinajstić information content (AvgIpc) is 2.53. The molecule has 0 bridgehead atoms. The lowest BCUT2D eigenvalue weighted by atomic mass is 10.0. The number of nitrogens with one attached hydrogen (secondary N) is 1. The van der Waals surface area contributed by atoms with Crippen LogP contribution in [0.1, 0.15) is 37.6 Å². The largest absolute Gasteiger partial charge is 0.464 e. The van der Waals surface area contributed by atoms with Crippen LogP contribution in [0.5, 0.6) is 0 Å². The molecule has 0 radical (unpaired) electrons. The first kappa shape index (κ1) is 19.9. The molecule has 9 heteroatoms. The molecule has 0 aliphatic carbocycles. The van der Waals surface area contributed by atoms with Crippen LogP contribution in [-0.4, -0.2) is 24.5 Å². The van der Waals surface area contributed by atoms with E-state index in [1.54, 1.807) is 6.92 Å². The molecule has 1 aromatic carbocycles. The lowest BCUT2D eigenvalue weighted by molar-refractivity contribution is -0.147. The minimum Gasteiger partial charge on any atom is -0.464 e. The Kier molecular flexibility index (Phi) is 6.68. The molecule has 1 atom stereocenters. The fourth-order valence-corrected chi connectivity index (χ4v) is 1.81. The second-order valence-electron chi connectivity index (χ2n) is 5.31. The highest BCUT2D eigenvalue weighted by Crippen LogP contribution is 2.23. The van der Waals surface area contributed by atoms with Crippen LogP contribution in [0.25, 0.3) is 0 Å². The fraction of sp³-hybridized carbons (Fsp3) is 0.467. The van der Waals surface area contributed by atoms with Gasteiger partial charge in [0.2, 0.25) is 5.82 Å². The van der Waals surface area contributed by atoms with E-state index in [0.29, 0.717) is 6.42 Å². The van der Waals surface area contributed by atoms with Crippen molar-refractivity contribution in [3.63, 3.8) is 0 Å². The topological polar surface area (TPSA) is 55.4 Å². The Labute approximate surface area is 135 Å². The molecule has 0 fully saturated rings. The molecule has 0 saturated carbocycles. The molecule has 0 heterocycles. The van der Waals surface area contributed by atoms with Crippen molar-refractivity contribution >= 4 is 11.9 Å². The molecule has 1 aromatic rings. The molecule has 0 aromatic heterocycles. The smallest absolute Gasteiger partial charge is 0.328 e. The van der Waals surface area contributed by atoms with Crippen LogP contribution in [-0.2, 0) is 9.53 Å². The van der Waals surface area contributed by atoms with E-state index in [1.165, 1.54) is 13.8 Å². The van der Waals surface area contributed by atoms with Gasteiger partial charge in [-0.1, -0.05) is 20.8 Å². The fourth-order valence-electron chi connectivity index (χ4n) is 1.81. The Morgan fingerprint density at radius 2 is 1.42 bits per heavy atom. The third-order valence-electron chi connectivity index (χ3n) is 3.09. The maximum atomic E-state index is 13.6. The van der Waals surface area contributed by atoms with E-state index in [4.69, 9.17) is 4.74 Å². The van der Waals surface area contributed by atoms with Gasteiger partial charge in [-0.15, -0.1) is 0 Å². The number of rotatable bonds is 6. The van der Waals surface area contributed by atoms with Crippen molar-refractivity contribution in [1.82, 2.24) is 5.32 Å². The van der Waals surface area contributed by atoms with Crippen molar-refractivity contribution < 1.29 is 36.3 Å². The molecule has 1 rings (SSSR count). The van der Waals surface area contributed by atoms with Gasteiger partial charge in [0.15, 0.2) is 23.3 Å². The normalized spacial score (nSPS) is 12.2.